The molecule has 114 valence electrons. The van der Waals surface area contributed by atoms with Gasteiger partial charge in [0.1, 0.15) is 0 Å². The Morgan fingerprint density at radius 2 is 1.50 bits per heavy atom. The Balaban J connectivity index is 3.32. The van der Waals surface area contributed by atoms with Gasteiger partial charge in [0, 0.05) is 0 Å². The van der Waals surface area contributed by atoms with Crippen LogP contribution in [0.4, 0.5) is 0 Å². The quantitative estimate of drug-likeness (QED) is 0.586. The van der Waals surface area contributed by atoms with Gasteiger partial charge in [0.2, 0.25) is 0 Å². The van der Waals surface area contributed by atoms with Crippen LogP contribution in [0.1, 0.15) is 40.0 Å². The molecule has 0 unspecified atom stereocenters. The van der Waals surface area contributed by atoms with E-state index in [1.165, 1.54) is 29.4 Å². The molecule has 0 bridgehead atoms. The van der Waals surface area contributed by atoms with Crippen molar-refractivity contribution in [3.63, 3.8) is 0 Å². The van der Waals surface area contributed by atoms with Gasteiger partial charge in [-0.1, -0.05) is 75.5 Å². The maximum atomic E-state index is 11.4. The van der Waals surface area contributed by atoms with E-state index in [9.17, 15) is 13.0 Å². The van der Waals surface area contributed by atoms with Crippen molar-refractivity contribution in [3.8, 4) is 0 Å². The van der Waals surface area contributed by atoms with Crippen molar-refractivity contribution >= 4 is 23.4 Å². The van der Waals surface area contributed by atoms with Gasteiger partial charge in [0.05, 0.1) is 13.0 Å². The lowest BCUT2D eigenvalue weighted by molar-refractivity contribution is 0.483. The number of hydrogen-bond acceptors (Lipinski definition) is 2. The monoisotopic (exact) mass is 314 g/mol. The van der Waals surface area contributed by atoms with Crippen LogP contribution in [-0.2, 0) is 10.1 Å². The molecule has 20 heavy (non-hydrogen) atoms. The van der Waals surface area contributed by atoms with Crippen LogP contribution in [-0.4, -0.2) is 21.0 Å². The van der Waals surface area contributed by atoms with Crippen LogP contribution in [0.5, 0.6) is 0 Å². The molecule has 5 heteroatoms. The first-order chi connectivity index (χ1) is 9.39. The number of rotatable bonds is 8. The first-order valence-electron chi connectivity index (χ1n) is 7.47. The Bertz CT molecular complexity index is 509. The second-order valence-electron chi connectivity index (χ2n) is 5.53. The molecule has 1 N–H and O–H groups in total. The minimum absolute atomic E-state index is 0.0372. The first-order valence-corrected chi connectivity index (χ1v) is 11.5. The van der Waals surface area contributed by atoms with E-state index in [1.807, 2.05) is 0 Å². The molecule has 0 radical (unpaired) electrons. The van der Waals surface area contributed by atoms with E-state index in [0.717, 1.165) is 19.3 Å². The van der Waals surface area contributed by atoms with Gasteiger partial charge in [-0.05, 0) is 12.1 Å². The molecule has 1 aromatic rings. The highest BCUT2D eigenvalue weighted by molar-refractivity contribution is 7.85. The smallest absolute Gasteiger partial charge is 0.282 e. The predicted molar refractivity (Wildman–Crippen MR) is 86.9 cm³/mol. The maximum absolute atomic E-state index is 11.4. The van der Waals surface area contributed by atoms with Crippen LogP contribution >= 0.6 is 0 Å². The average Bonchev–Trinajstić information content (AvgIpc) is 2.39. The summed E-state index contributed by atoms with van der Waals surface area (Å²) >= 11 is 0. The van der Waals surface area contributed by atoms with E-state index in [0.29, 0.717) is 0 Å². The summed E-state index contributed by atoms with van der Waals surface area (Å²) < 4.78 is 32.0. The molecule has 0 heterocycles. The van der Waals surface area contributed by atoms with Crippen molar-refractivity contribution in [2.75, 3.05) is 0 Å². The summed E-state index contributed by atoms with van der Waals surface area (Å²) in [5.41, 5.74) is 0. The van der Waals surface area contributed by atoms with Crippen molar-refractivity contribution in [1.82, 2.24) is 0 Å². The molecule has 0 amide bonds. The van der Waals surface area contributed by atoms with Crippen molar-refractivity contribution in [3.05, 3.63) is 24.3 Å². The van der Waals surface area contributed by atoms with Crippen LogP contribution in [0, 0.1) is 0 Å². The van der Waals surface area contributed by atoms with Crippen molar-refractivity contribution in [2.24, 2.45) is 0 Å². The molecule has 0 aliphatic carbocycles. The molecule has 0 spiro atoms. The van der Waals surface area contributed by atoms with E-state index in [-0.39, 0.29) is 4.90 Å². The van der Waals surface area contributed by atoms with Crippen LogP contribution in [0.15, 0.2) is 29.2 Å². The normalized spacial score (nSPS) is 12.6. The molecule has 0 saturated carbocycles. The van der Waals surface area contributed by atoms with Crippen LogP contribution in [0.2, 0.25) is 18.1 Å². The van der Waals surface area contributed by atoms with E-state index in [1.54, 1.807) is 12.1 Å². The third-order valence-corrected chi connectivity index (χ3v) is 10.7. The fourth-order valence-electron chi connectivity index (χ4n) is 3.23. The SMILES string of the molecule is CCC[Si](CCC)(CCC)c1cccc(S(=O)(=O)O)c1. The zero-order valence-corrected chi connectivity index (χ0v) is 14.5. The molecule has 0 fully saturated rings. The molecule has 0 aliphatic heterocycles. The predicted octanol–water partition coefficient (Wildman–Crippen LogP) is 3.82. The number of hydrogen-bond donors (Lipinski definition) is 1. The standard InChI is InChI=1S/C15H26O3SSi/c1-4-10-20(11-5-2,12-6-3)15-9-7-8-14(13-15)19(16,17)18/h7-9,13H,4-6,10-12H2,1-3H3,(H,16,17,18). The topological polar surface area (TPSA) is 54.4 Å². The molecule has 1 aromatic carbocycles. The largest absolute Gasteiger partial charge is 0.294 e. The molecule has 3 nitrogen and oxygen atoms in total. The van der Waals surface area contributed by atoms with Crippen molar-refractivity contribution in [1.29, 1.82) is 0 Å². The third-order valence-electron chi connectivity index (χ3n) is 3.93. The Hall–Kier alpha value is -0.653. The zero-order valence-electron chi connectivity index (χ0n) is 12.7. The highest BCUT2D eigenvalue weighted by Gasteiger charge is 2.32. The molecule has 0 aliphatic rings. The van der Waals surface area contributed by atoms with Gasteiger partial charge in [-0.15, -0.1) is 0 Å². The summed E-state index contributed by atoms with van der Waals surface area (Å²) in [6.07, 6.45) is 3.38. The molecule has 1 rings (SSSR count). The van der Waals surface area contributed by atoms with Gasteiger partial charge in [0.25, 0.3) is 10.1 Å². The van der Waals surface area contributed by atoms with Crippen LogP contribution in [0.3, 0.4) is 0 Å². The zero-order chi connectivity index (χ0) is 15.2. The van der Waals surface area contributed by atoms with Gasteiger partial charge in [-0.3, -0.25) is 4.55 Å². The molecule has 0 atom stereocenters. The molecule has 0 saturated heterocycles. The Kier molecular flexibility index (Phi) is 6.42. The van der Waals surface area contributed by atoms with Gasteiger partial charge >= 0.3 is 0 Å². The summed E-state index contributed by atoms with van der Waals surface area (Å²) in [5.74, 6) is 0. The maximum Gasteiger partial charge on any atom is 0.294 e. The fraction of sp³-hybridized carbons (Fsp3) is 0.600. The van der Waals surface area contributed by atoms with Gasteiger partial charge in [0.15, 0.2) is 0 Å². The summed E-state index contributed by atoms with van der Waals surface area (Å²) in [5, 5.41) is 1.18. The van der Waals surface area contributed by atoms with Crippen LogP contribution < -0.4 is 5.19 Å². The second-order valence-corrected chi connectivity index (χ2v) is 11.6. The van der Waals surface area contributed by atoms with Crippen LogP contribution in [0.25, 0.3) is 0 Å². The molecular formula is C15H26O3SSi. The summed E-state index contributed by atoms with van der Waals surface area (Å²) in [6, 6.07) is 10.6. The van der Waals surface area contributed by atoms with E-state index in [2.05, 4.69) is 26.8 Å². The third kappa shape index (κ3) is 4.17. The minimum Gasteiger partial charge on any atom is -0.282 e. The number of benzene rings is 1. The highest BCUT2D eigenvalue weighted by atomic mass is 32.2. The summed E-state index contributed by atoms with van der Waals surface area (Å²) in [7, 11) is -5.77. The van der Waals surface area contributed by atoms with Gasteiger partial charge in [-0.25, -0.2) is 0 Å². The van der Waals surface area contributed by atoms with E-state index >= 15 is 0 Å². The Labute approximate surface area is 124 Å². The second kappa shape index (κ2) is 7.38. The van der Waals surface area contributed by atoms with E-state index in [4.69, 9.17) is 0 Å². The van der Waals surface area contributed by atoms with Crippen molar-refractivity contribution < 1.29 is 13.0 Å². The lowest BCUT2D eigenvalue weighted by atomic mass is 10.4. The molecule has 0 aromatic heterocycles. The fourth-order valence-corrected chi connectivity index (χ4v) is 9.26. The Morgan fingerprint density at radius 3 is 1.90 bits per heavy atom. The Morgan fingerprint density at radius 1 is 1.00 bits per heavy atom. The minimum atomic E-state index is -4.11. The van der Waals surface area contributed by atoms with Gasteiger partial charge in [-0.2, -0.15) is 8.42 Å². The first kappa shape index (κ1) is 17.4. The van der Waals surface area contributed by atoms with Gasteiger partial charge < -0.3 is 0 Å². The lowest BCUT2D eigenvalue weighted by Gasteiger charge is -2.32. The summed E-state index contributed by atoms with van der Waals surface area (Å²) in [6.45, 7) is 6.58. The molecular weight excluding hydrogens is 288 g/mol. The highest BCUT2D eigenvalue weighted by Crippen LogP contribution is 2.26. The lowest BCUT2D eigenvalue weighted by Crippen LogP contribution is -2.47. The van der Waals surface area contributed by atoms with Crippen molar-refractivity contribution in [2.45, 2.75) is 63.1 Å². The average molecular weight is 315 g/mol. The summed E-state index contributed by atoms with van der Waals surface area (Å²) in [4.78, 5) is 0.0372. The van der Waals surface area contributed by atoms with E-state index < -0.39 is 18.2 Å².